The number of para-hydroxylation sites is 2. The minimum absolute atomic E-state index is 0.0605. The molecule has 0 aliphatic heterocycles. The van der Waals surface area contributed by atoms with Gasteiger partial charge < -0.3 is 14.4 Å². The van der Waals surface area contributed by atoms with Gasteiger partial charge in [0.05, 0.1) is 25.6 Å². The average molecular weight is 364 g/mol. The molecule has 7 nitrogen and oxygen atoms in total. The van der Waals surface area contributed by atoms with E-state index >= 15 is 0 Å². The molecule has 0 atom stereocenters. The molecular formula is C17H20N2O5S. The van der Waals surface area contributed by atoms with Gasteiger partial charge in [-0.3, -0.25) is 9.52 Å². The van der Waals surface area contributed by atoms with Crippen molar-refractivity contribution in [2.24, 2.45) is 0 Å². The van der Waals surface area contributed by atoms with E-state index in [4.69, 9.17) is 9.47 Å². The first kappa shape index (κ1) is 18.6. The number of hydrogen-bond acceptors (Lipinski definition) is 5. The number of sulfonamides is 1. The van der Waals surface area contributed by atoms with Gasteiger partial charge in [-0.05, 0) is 24.3 Å². The lowest BCUT2D eigenvalue weighted by Gasteiger charge is -2.20. The van der Waals surface area contributed by atoms with Crippen LogP contribution < -0.4 is 19.1 Å². The fourth-order valence-electron chi connectivity index (χ4n) is 2.22. The molecule has 0 aliphatic rings. The Labute approximate surface area is 147 Å². The minimum Gasteiger partial charge on any atom is -0.497 e. The zero-order chi connectivity index (χ0) is 18.6. The van der Waals surface area contributed by atoms with Crippen molar-refractivity contribution < 1.29 is 22.7 Å². The van der Waals surface area contributed by atoms with Gasteiger partial charge in [0.25, 0.3) is 10.0 Å². The van der Waals surface area contributed by atoms with Gasteiger partial charge in [-0.25, -0.2) is 8.42 Å². The van der Waals surface area contributed by atoms with Crippen molar-refractivity contribution in [2.45, 2.75) is 11.8 Å². The molecule has 2 aromatic rings. The van der Waals surface area contributed by atoms with Gasteiger partial charge in [0.15, 0.2) is 0 Å². The van der Waals surface area contributed by atoms with Crippen molar-refractivity contribution in [3.05, 3.63) is 42.5 Å². The van der Waals surface area contributed by atoms with Crippen molar-refractivity contribution in [3.63, 3.8) is 0 Å². The molecule has 0 aliphatic carbocycles. The lowest BCUT2D eigenvalue weighted by molar-refractivity contribution is -0.116. The number of rotatable bonds is 6. The van der Waals surface area contributed by atoms with Gasteiger partial charge in [-0.2, -0.15) is 0 Å². The molecule has 0 radical (unpaired) electrons. The predicted octanol–water partition coefficient (Wildman–Crippen LogP) is 2.49. The summed E-state index contributed by atoms with van der Waals surface area (Å²) in [5.41, 5.74) is 0.727. The number of nitrogens with zero attached hydrogens (tertiary/aromatic N) is 1. The van der Waals surface area contributed by atoms with Crippen LogP contribution in [-0.2, 0) is 14.8 Å². The molecule has 0 bridgehead atoms. The van der Waals surface area contributed by atoms with E-state index in [1.54, 1.807) is 37.4 Å². The second-order valence-corrected chi connectivity index (χ2v) is 6.87. The van der Waals surface area contributed by atoms with Crippen LogP contribution in [0.5, 0.6) is 11.5 Å². The molecule has 1 amide bonds. The zero-order valence-electron chi connectivity index (χ0n) is 14.4. The van der Waals surface area contributed by atoms with Crippen LogP contribution in [0, 0.1) is 0 Å². The summed E-state index contributed by atoms with van der Waals surface area (Å²) < 4.78 is 38.4. The third-order valence-corrected chi connectivity index (χ3v) is 5.03. The Morgan fingerprint density at radius 3 is 2.36 bits per heavy atom. The smallest absolute Gasteiger partial charge is 0.265 e. The van der Waals surface area contributed by atoms with Crippen LogP contribution in [-0.4, -0.2) is 35.6 Å². The summed E-state index contributed by atoms with van der Waals surface area (Å²) in [5.74, 6) is 0.353. The van der Waals surface area contributed by atoms with Crippen LogP contribution in [0.4, 0.5) is 11.4 Å². The average Bonchev–Trinajstić information content (AvgIpc) is 2.60. The monoisotopic (exact) mass is 364 g/mol. The maximum atomic E-state index is 12.8. The molecule has 0 unspecified atom stereocenters. The van der Waals surface area contributed by atoms with Crippen LogP contribution in [0.25, 0.3) is 0 Å². The molecule has 0 saturated heterocycles. The van der Waals surface area contributed by atoms with Crippen molar-refractivity contribution in [1.29, 1.82) is 0 Å². The maximum absolute atomic E-state index is 12.8. The highest BCUT2D eigenvalue weighted by Gasteiger charge is 2.23. The van der Waals surface area contributed by atoms with Crippen LogP contribution in [0.15, 0.2) is 47.4 Å². The number of anilines is 2. The van der Waals surface area contributed by atoms with E-state index in [1.807, 2.05) is 0 Å². The molecule has 0 saturated carbocycles. The first-order chi connectivity index (χ1) is 11.8. The zero-order valence-corrected chi connectivity index (χ0v) is 15.3. The number of benzene rings is 2. The fraction of sp³-hybridized carbons (Fsp3) is 0.235. The summed E-state index contributed by atoms with van der Waals surface area (Å²) >= 11 is 0. The van der Waals surface area contributed by atoms with E-state index in [1.165, 1.54) is 38.2 Å². The summed E-state index contributed by atoms with van der Waals surface area (Å²) in [6, 6.07) is 11.1. The molecule has 1 N–H and O–H groups in total. The van der Waals surface area contributed by atoms with Gasteiger partial charge in [-0.15, -0.1) is 0 Å². The molecule has 8 heteroatoms. The number of hydrogen-bond donors (Lipinski definition) is 1. The minimum atomic E-state index is -3.96. The molecule has 25 heavy (non-hydrogen) atoms. The van der Waals surface area contributed by atoms with Gasteiger partial charge in [0, 0.05) is 20.0 Å². The molecule has 0 fully saturated rings. The summed E-state index contributed by atoms with van der Waals surface area (Å²) in [4.78, 5) is 12.9. The molecule has 0 heterocycles. The van der Waals surface area contributed by atoms with E-state index < -0.39 is 10.0 Å². The number of carbonyl (C=O) groups is 1. The predicted molar refractivity (Wildman–Crippen MR) is 95.9 cm³/mol. The number of ether oxygens (including phenoxy) is 2. The third kappa shape index (κ3) is 4.03. The molecule has 0 spiro atoms. The first-order valence-corrected chi connectivity index (χ1v) is 8.86. The Morgan fingerprint density at radius 1 is 1.08 bits per heavy atom. The third-order valence-electron chi connectivity index (χ3n) is 3.64. The molecule has 2 aromatic carbocycles. The Kier molecular flexibility index (Phi) is 5.53. The van der Waals surface area contributed by atoms with Gasteiger partial charge in [0.2, 0.25) is 5.91 Å². The quantitative estimate of drug-likeness (QED) is 0.851. The van der Waals surface area contributed by atoms with E-state index in [-0.39, 0.29) is 22.2 Å². The van der Waals surface area contributed by atoms with Crippen LogP contribution in [0.2, 0.25) is 0 Å². The highest BCUT2D eigenvalue weighted by molar-refractivity contribution is 7.92. The van der Waals surface area contributed by atoms with Gasteiger partial charge in [-0.1, -0.05) is 12.1 Å². The maximum Gasteiger partial charge on any atom is 0.265 e. The fourth-order valence-corrected chi connectivity index (χ4v) is 3.48. The topological polar surface area (TPSA) is 84.9 Å². The lowest BCUT2D eigenvalue weighted by Crippen LogP contribution is -2.25. The first-order valence-electron chi connectivity index (χ1n) is 7.38. The standard InChI is InChI=1S/C17H20N2O5S/c1-12(20)19(2)15-8-6-5-7-14(15)18-25(21,22)17-11-13(23-3)9-10-16(17)24-4/h5-11,18H,1-4H3. The van der Waals surface area contributed by atoms with Crippen molar-refractivity contribution >= 4 is 27.3 Å². The number of amides is 1. The molecule has 2 rings (SSSR count). The van der Waals surface area contributed by atoms with E-state index in [0.29, 0.717) is 11.4 Å². The molecule has 0 aromatic heterocycles. The molecular weight excluding hydrogens is 344 g/mol. The Bertz CT molecular complexity index is 880. The van der Waals surface area contributed by atoms with Crippen LogP contribution >= 0.6 is 0 Å². The van der Waals surface area contributed by atoms with Gasteiger partial charge >= 0.3 is 0 Å². The normalized spacial score (nSPS) is 10.9. The van der Waals surface area contributed by atoms with E-state index in [2.05, 4.69) is 4.72 Å². The second kappa shape index (κ2) is 7.43. The Hall–Kier alpha value is -2.74. The van der Waals surface area contributed by atoms with Crippen molar-refractivity contribution in [2.75, 3.05) is 30.9 Å². The summed E-state index contributed by atoms with van der Waals surface area (Å²) in [7, 11) is 0.442. The van der Waals surface area contributed by atoms with E-state index in [0.717, 1.165) is 0 Å². The van der Waals surface area contributed by atoms with E-state index in [9.17, 15) is 13.2 Å². The number of nitrogens with one attached hydrogen (secondary N) is 1. The van der Waals surface area contributed by atoms with Crippen molar-refractivity contribution in [1.82, 2.24) is 0 Å². The highest BCUT2D eigenvalue weighted by Crippen LogP contribution is 2.32. The SMILES string of the molecule is COc1ccc(OC)c(S(=O)(=O)Nc2ccccc2N(C)C(C)=O)c1. The van der Waals surface area contributed by atoms with Crippen molar-refractivity contribution in [3.8, 4) is 11.5 Å². The van der Waals surface area contributed by atoms with Crippen LogP contribution in [0.3, 0.4) is 0 Å². The summed E-state index contributed by atoms with van der Waals surface area (Å²) in [6.07, 6.45) is 0. The lowest BCUT2D eigenvalue weighted by atomic mass is 10.2. The van der Waals surface area contributed by atoms with Gasteiger partial charge in [0.1, 0.15) is 16.4 Å². The second-order valence-electron chi connectivity index (χ2n) is 5.22. The summed E-state index contributed by atoms with van der Waals surface area (Å²) in [6.45, 7) is 1.40. The molecule has 134 valence electrons. The van der Waals surface area contributed by atoms with Crippen LogP contribution in [0.1, 0.15) is 6.92 Å². The Balaban J connectivity index is 2.49. The largest absolute Gasteiger partial charge is 0.497 e. The number of carbonyl (C=O) groups excluding carboxylic acids is 1. The summed E-state index contributed by atoms with van der Waals surface area (Å²) in [5, 5.41) is 0. The Morgan fingerprint density at radius 2 is 1.76 bits per heavy atom. The highest BCUT2D eigenvalue weighted by atomic mass is 32.2. The number of methoxy groups -OCH3 is 2.